The van der Waals surface area contributed by atoms with Gasteiger partial charge in [0, 0.05) is 0 Å². The van der Waals surface area contributed by atoms with E-state index in [1.54, 1.807) is 0 Å². The first kappa shape index (κ1) is 13.6. The van der Waals surface area contributed by atoms with Crippen LogP contribution in [0.4, 0.5) is 11.4 Å². The highest BCUT2D eigenvalue weighted by Gasteiger charge is 2.28. The van der Waals surface area contributed by atoms with Crippen molar-refractivity contribution in [3.8, 4) is 5.88 Å². The topological polar surface area (TPSA) is 77.3 Å². The Labute approximate surface area is 125 Å². The number of pyridine rings is 1. The molecule has 1 aliphatic heterocycles. The second kappa shape index (κ2) is 5.57. The van der Waals surface area contributed by atoms with Crippen LogP contribution in [-0.4, -0.2) is 22.6 Å². The molecule has 0 amide bonds. The Morgan fingerprint density at radius 3 is 2.90 bits per heavy atom. The maximum absolute atomic E-state index is 11.1. The van der Waals surface area contributed by atoms with E-state index in [4.69, 9.17) is 16.3 Å². The summed E-state index contributed by atoms with van der Waals surface area (Å²) in [6.45, 7) is 0.381. The first-order valence-corrected chi connectivity index (χ1v) is 6.79. The molecule has 1 N–H and O–H groups in total. The van der Waals surface area contributed by atoms with Crippen molar-refractivity contribution >= 4 is 23.0 Å². The van der Waals surface area contributed by atoms with Crippen molar-refractivity contribution in [1.82, 2.24) is 4.98 Å². The number of benzene rings is 1. The SMILES string of the molecule is O=[N+]([O-])c1cc(Cl)nc2c1N[C@@H](Cc1ccccc1)CO2. The zero-order valence-corrected chi connectivity index (χ0v) is 11.7. The van der Waals surface area contributed by atoms with E-state index in [-0.39, 0.29) is 28.4 Å². The molecule has 1 aliphatic rings. The van der Waals surface area contributed by atoms with Crippen LogP contribution in [-0.2, 0) is 6.42 Å². The summed E-state index contributed by atoms with van der Waals surface area (Å²) in [5.74, 6) is 0.179. The fourth-order valence-corrected chi connectivity index (χ4v) is 2.48. The molecule has 1 atom stereocenters. The average molecular weight is 306 g/mol. The van der Waals surface area contributed by atoms with Crippen molar-refractivity contribution in [2.45, 2.75) is 12.5 Å². The first-order valence-electron chi connectivity index (χ1n) is 6.41. The summed E-state index contributed by atoms with van der Waals surface area (Å²) in [7, 11) is 0. The van der Waals surface area contributed by atoms with Crippen LogP contribution in [0.1, 0.15) is 5.56 Å². The minimum atomic E-state index is -0.492. The van der Waals surface area contributed by atoms with Crippen molar-refractivity contribution < 1.29 is 9.66 Å². The highest BCUT2D eigenvalue weighted by molar-refractivity contribution is 6.29. The zero-order valence-electron chi connectivity index (χ0n) is 11.0. The molecule has 7 heteroatoms. The smallest absolute Gasteiger partial charge is 0.301 e. The van der Waals surface area contributed by atoms with Gasteiger partial charge in [0.05, 0.1) is 17.0 Å². The molecule has 21 heavy (non-hydrogen) atoms. The first-order chi connectivity index (χ1) is 10.1. The number of nitrogens with zero attached hydrogens (tertiary/aromatic N) is 2. The molecule has 0 fully saturated rings. The third kappa shape index (κ3) is 2.90. The van der Waals surface area contributed by atoms with E-state index < -0.39 is 4.92 Å². The molecular formula is C14H12ClN3O3. The van der Waals surface area contributed by atoms with Crippen LogP contribution in [0.3, 0.4) is 0 Å². The van der Waals surface area contributed by atoms with Crippen molar-refractivity contribution in [2.24, 2.45) is 0 Å². The van der Waals surface area contributed by atoms with E-state index in [9.17, 15) is 10.1 Å². The quantitative estimate of drug-likeness (QED) is 0.536. The van der Waals surface area contributed by atoms with Gasteiger partial charge in [-0.25, -0.2) is 0 Å². The lowest BCUT2D eigenvalue weighted by Crippen LogP contribution is -2.34. The van der Waals surface area contributed by atoms with Crippen LogP contribution in [0.25, 0.3) is 0 Å². The fourth-order valence-electron chi connectivity index (χ4n) is 2.30. The Bertz CT molecular complexity index is 679. The molecular weight excluding hydrogens is 294 g/mol. The van der Waals surface area contributed by atoms with Crippen molar-refractivity contribution in [3.63, 3.8) is 0 Å². The van der Waals surface area contributed by atoms with Crippen LogP contribution in [0.2, 0.25) is 5.15 Å². The second-order valence-electron chi connectivity index (χ2n) is 4.74. The summed E-state index contributed by atoms with van der Waals surface area (Å²) < 4.78 is 5.52. The average Bonchev–Trinajstić information content (AvgIpc) is 2.47. The van der Waals surface area contributed by atoms with E-state index in [2.05, 4.69) is 10.3 Å². The molecule has 1 aromatic heterocycles. The number of fused-ring (bicyclic) bond motifs is 1. The third-order valence-electron chi connectivity index (χ3n) is 3.23. The van der Waals surface area contributed by atoms with Gasteiger partial charge in [-0.3, -0.25) is 10.1 Å². The van der Waals surface area contributed by atoms with Crippen LogP contribution in [0, 0.1) is 10.1 Å². The summed E-state index contributed by atoms with van der Waals surface area (Å²) >= 11 is 5.77. The minimum Gasteiger partial charge on any atom is -0.474 e. The minimum absolute atomic E-state index is 0.0451. The van der Waals surface area contributed by atoms with Gasteiger partial charge in [-0.15, -0.1) is 0 Å². The lowest BCUT2D eigenvalue weighted by molar-refractivity contribution is -0.384. The Morgan fingerprint density at radius 2 is 2.19 bits per heavy atom. The van der Waals surface area contributed by atoms with Gasteiger partial charge in [0.15, 0.2) is 5.69 Å². The van der Waals surface area contributed by atoms with Gasteiger partial charge in [-0.05, 0) is 12.0 Å². The Morgan fingerprint density at radius 1 is 1.43 bits per heavy atom. The number of ether oxygens (including phenoxy) is 1. The molecule has 1 aromatic carbocycles. The molecule has 108 valence electrons. The van der Waals surface area contributed by atoms with Gasteiger partial charge < -0.3 is 10.1 Å². The van der Waals surface area contributed by atoms with Crippen LogP contribution < -0.4 is 10.1 Å². The predicted molar refractivity (Wildman–Crippen MR) is 79.0 cm³/mol. The number of hydrogen-bond donors (Lipinski definition) is 1. The number of rotatable bonds is 3. The molecule has 0 spiro atoms. The highest BCUT2D eigenvalue weighted by atomic mass is 35.5. The van der Waals surface area contributed by atoms with Gasteiger partial charge in [0.25, 0.3) is 0 Å². The monoisotopic (exact) mass is 305 g/mol. The predicted octanol–water partition coefficient (Wildman–Crippen LogP) is 3.06. The number of nitrogens with one attached hydrogen (secondary N) is 1. The maximum atomic E-state index is 11.1. The Hall–Kier alpha value is -2.34. The summed E-state index contributed by atoms with van der Waals surface area (Å²) in [4.78, 5) is 14.6. The van der Waals surface area contributed by atoms with Crippen LogP contribution in [0.5, 0.6) is 5.88 Å². The van der Waals surface area contributed by atoms with Gasteiger partial charge in [0.2, 0.25) is 5.88 Å². The van der Waals surface area contributed by atoms with E-state index >= 15 is 0 Å². The fraction of sp³-hybridized carbons (Fsp3) is 0.214. The molecule has 0 radical (unpaired) electrons. The molecule has 0 bridgehead atoms. The molecule has 0 saturated carbocycles. The van der Waals surface area contributed by atoms with Gasteiger partial charge >= 0.3 is 5.69 Å². The Kier molecular flexibility index (Phi) is 3.62. The van der Waals surface area contributed by atoms with Crippen LogP contribution in [0.15, 0.2) is 36.4 Å². The van der Waals surface area contributed by atoms with Crippen molar-refractivity contribution in [1.29, 1.82) is 0 Å². The lowest BCUT2D eigenvalue weighted by Gasteiger charge is -2.26. The van der Waals surface area contributed by atoms with Crippen molar-refractivity contribution in [2.75, 3.05) is 11.9 Å². The lowest BCUT2D eigenvalue weighted by atomic mass is 10.1. The van der Waals surface area contributed by atoms with E-state index in [0.29, 0.717) is 13.0 Å². The molecule has 2 aromatic rings. The van der Waals surface area contributed by atoms with E-state index in [1.165, 1.54) is 6.07 Å². The normalized spacial score (nSPS) is 16.5. The van der Waals surface area contributed by atoms with Crippen LogP contribution >= 0.6 is 11.6 Å². The molecule has 2 heterocycles. The number of aromatic nitrogens is 1. The van der Waals surface area contributed by atoms with Crippen molar-refractivity contribution in [3.05, 3.63) is 57.2 Å². The molecule has 6 nitrogen and oxygen atoms in total. The summed E-state index contributed by atoms with van der Waals surface area (Å²) in [5.41, 5.74) is 1.30. The number of hydrogen-bond acceptors (Lipinski definition) is 5. The number of halogens is 1. The maximum Gasteiger partial charge on any atom is 0.301 e. The highest BCUT2D eigenvalue weighted by Crippen LogP contribution is 2.37. The summed E-state index contributed by atoms with van der Waals surface area (Å²) in [5, 5.41) is 14.3. The molecule has 0 saturated heterocycles. The number of anilines is 1. The summed E-state index contributed by atoms with van der Waals surface area (Å²) in [6.07, 6.45) is 0.708. The van der Waals surface area contributed by atoms with Gasteiger partial charge in [0.1, 0.15) is 11.8 Å². The zero-order chi connectivity index (χ0) is 14.8. The second-order valence-corrected chi connectivity index (χ2v) is 5.13. The third-order valence-corrected chi connectivity index (χ3v) is 3.42. The molecule has 0 aliphatic carbocycles. The van der Waals surface area contributed by atoms with E-state index in [0.717, 1.165) is 5.56 Å². The van der Waals surface area contributed by atoms with E-state index in [1.807, 2.05) is 30.3 Å². The van der Waals surface area contributed by atoms with Gasteiger partial charge in [-0.2, -0.15) is 4.98 Å². The van der Waals surface area contributed by atoms with Gasteiger partial charge in [-0.1, -0.05) is 41.9 Å². The molecule has 0 unspecified atom stereocenters. The standard InChI is InChI=1S/C14H12ClN3O3/c15-12-7-11(18(19)20)13-14(17-12)21-8-10(16-13)6-9-4-2-1-3-5-9/h1-5,7,10,16H,6,8H2/t10-/m0/s1. The number of nitro groups is 1. The molecule has 3 rings (SSSR count). The summed E-state index contributed by atoms with van der Waals surface area (Å²) in [6, 6.07) is 11.0. The Balaban J connectivity index is 1.86. The largest absolute Gasteiger partial charge is 0.474 e.